The molecular formula is C12H10N2OS. The van der Waals surface area contributed by atoms with Gasteiger partial charge in [0, 0.05) is 10.6 Å². The Labute approximate surface area is 97.9 Å². The van der Waals surface area contributed by atoms with Crippen molar-refractivity contribution in [1.82, 2.24) is 4.98 Å². The molecule has 4 heteroatoms. The van der Waals surface area contributed by atoms with Crippen molar-refractivity contribution in [3.05, 3.63) is 45.8 Å². The molecular weight excluding hydrogens is 220 g/mol. The van der Waals surface area contributed by atoms with E-state index in [1.165, 1.54) is 0 Å². The molecule has 0 fully saturated rings. The Kier molecular flexibility index (Phi) is 3.18. The Morgan fingerprint density at radius 3 is 3.00 bits per heavy atom. The molecule has 0 unspecified atom stereocenters. The summed E-state index contributed by atoms with van der Waals surface area (Å²) >= 11 is 1.62. The highest BCUT2D eigenvalue weighted by molar-refractivity contribution is 7.09. The van der Waals surface area contributed by atoms with Crippen LogP contribution in [0.15, 0.2) is 29.6 Å². The van der Waals surface area contributed by atoms with E-state index in [0.29, 0.717) is 18.1 Å². The second-order valence-electron chi connectivity index (χ2n) is 3.29. The molecule has 0 aliphatic carbocycles. The Balaban J connectivity index is 2.15. The second-order valence-corrected chi connectivity index (χ2v) is 4.32. The van der Waals surface area contributed by atoms with Crippen molar-refractivity contribution in [2.24, 2.45) is 0 Å². The molecule has 80 valence electrons. The normalized spacial score (nSPS) is 9.75. The third kappa shape index (κ3) is 2.38. The van der Waals surface area contributed by atoms with Crippen LogP contribution in [0.3, 0.4) is 0 Å². The average Bonchev–Trinajstić information content (AvgIpc) is 2.79. The Morgan fingerprint density at radius 1 is 1.44 bits per heavy atom. The molecule has 0 saturated carbocycles. The molecule has 0 saturated heterocycles. The van der Waals surface area contributed by atoms with E-state index in [4.69, 9.17) is 10.00 Å². The van der Waals surface area contributed by atoms with Gasteiger partial charge in [-0.25, -0.2) is 4.98 Å². The van der Waals surface area contributed by atoms with Crippen LogP contribution in [-0.4, -0.2) is 4.98 Å². The average molecular weight is 230 g/mol. The predicted molar refractivity (Wildman–Crippen MR) is 62.3 cm³/mol. The van der Waals surface area contributed by atoms with Crippen LogP contribution in [0.25, 0.3) is 0 Å². The van der Waals surface area contributed by atoms with Gasteiger partial charge in [0.05, 0.1) is 0 Å². The van der Waals surface area contributed by atoms with Gasteiger partial charge in [-0.2, -0.15) is 5.26 Å². The molecule has 2 aromatic heterocycles. The fourth-order valence-electron chi connectivity index (χ4n) is 1.26. The number of rotatable bonds is 3. The standard InChI is InChI=1S/C12H10N2OS/c1-9-4-5-10(7-13)12(14-9)15-8-11-3-2-6-16-11/h2-6H,8H2,1H3. The van der Waals surface area contributed by atoms with Gasteiger partial charge < -0.3 is 4.74 Å². The summed E-state index contributed by atoms with van der Waals surface area (Å²) in [6, 6.07) is 9.56. The first-order valence-corrected chi connectivity index (χ1v) is 5.70. The van der Waals surface area contributed by atoms with Gasteiger partial charge in [-0.15, -0.1) is 11.3 Å². The van der Waals surface area contributed by atoms with Crippen LogP contribution in [0, 0.1) is 18.3 Å². The minimum absolute atomic E-state index is 0.413. The lowest BCUT2D eigenvalue weighted by atomic mass is 10.2. The molecule has 0 amide bonds. The number of hydrogen-bond acceptors (Lipinski definition) is 4. The van der Waals surface area contributed by atoms with E-state index in [1.54, 1.807) is 23.5 Å². The maximum Gasteiger partial charge on any atom is 0.232 e. The highest BCUT2D eigenvalue weighted by Gasteiger charge is 2.05. The summed E-state index contributed by atoms with van der Waals surface area (Å²) < 4.78 is 5.53. The van der Waals surface area contributed by atoms with E-state index in [9.17, 15) is 0 Å². The van der Waals surface area contributed by atoms with Crippen molar-refractivity contribution in [2.75, 3.05) is 0 Å². The number of nitrogens with zero attached hydrogens (tertiary/aromatic N) is 2. The van der Waals surface area contributed by atoms with E-state index >= 15 is 0 Å². The molecule has 0 radical (unpaired) electrons. The van der Waals surface area contributed by atoms with Crippen LogP contribution >= 0.6 is 11.3 Å². The maximum atomic E-state index is 8.90. The smallest absolute Gasteiger partial charge is 0.232 e. The molecule has 2 rings (SSSR count). The summed E-state index contributed by atoms with van der Waals surface area (Å²) in [5.41, 5.74) is 1.32. The first kappa shape index (κ1) is 10.7. The van der Waals surface area contributed by atoms with Crippen LogP contribution in [0.5, 0.6) is 5.88 Å². The third-order valence-corrected chi connectivity index (χ3v) is 2.90. The number of aryl methyl sites for hydroxylation is 1. The Hall–Kier alpha value is -1.86. The molecule has 0 aliphatic heterocycles. The topological polar surface area (TPSA) is 45.9 Å². The van der Waals surface area contributed by atoms with Crippen LogP contribution in [-0.2, 0) is 6.61 Å². The van der Waals surface area contributed by atoms with Gasteiger partial charge in [-0.1, -0.05) is 6.07 Å². The van der Waals surface area contributed by atoms with Gasteiger partial charge in [0.1, 0.15) is 18.2 Å². The van der Waals surface area contributed by atoms with E-state index in [2.05, 4.69) is 11.1 Å². The van der Waals surface area contributed by atoms with Gasteiger partial charge >= 0.3 is 0 Å². The van der Waals surface area contributed by atoms with Crippen LogP contribution in [0.2, 0.25) is 0 Å². The quantitative estimate of drug-likeness (QED) is 0.814. The van der Waals surface area contributed by atoms with Gasteiger partial charge in [0.2, 0.25) is 5.88 Å². The van der Waals surface area contributed by atoms with Gasteiger partial charge in [-0.3, -0.25) is 0 Å². The number of pyridine rings is 1. The molecule has 2 heterocycles. The minimum Gasteiger partial charge on any atom is -0.471 e. The third-order valence-electron chi connectivity index (χ3n) is 2.05. The van der Waals surface area contributed by atoms with Crippen molar-refractivity contribution in [1.29, 1.82) is 5.26 Å². The van der Waals surface area contributed by atoms with Crippen LogP contribution < -0.4 is 4.74 Å². The number of aromatic nitrogens is 1. The summed E-state index contributed by atoms with van der Waals surface area (Å²) in [5, 5.41) is 10.9. The lowest BCUT2D eigenvalue weighted by molar-refractivity contribution is 0.296. The van der Waals surface area contributed by atoms with Crippen LogP contribution in [0.4, 0.5) is 0 Å². The summed E-state index contributed by atoms with van der Waals surface area (Å²) in [6.07, 6.45) is 0. The fourth-order valence-corrected chi connectivity index (χ4v) is 1.88. The lowest BCUT2D eigenvalue weighted by Crippen LogP contribution is -1.98. The SMILES string of the molecule is Cc1ccc(C#N)c(OCc2cccs2)n1. The zero-order valence-corrected chi connectivity index (χ0v) is 9.62. The Bertz CT molecular complexity index is 514. The molecule has 0 aromatic carbocycles. The van der Waals surface area contributed by atoms with Crippen LogP contribution in [0.1, 0.15) is 16.1 Å². The zero-order valence-electron chi connectivity index (χ0n) is 8.80. The van der Waals surface area contributed by atoms with Gasteiger partial charge in [0.25, 0.3) is 0 Å². The first-order valence-electron chi connectivity index (χ1n) is 4.82. The highest BCUT2D eigenvalue weighted by atomic mass is 32.1. The number of ether oxygens (including phenoxy) is 1. The maximum absolute atomic E-state index is 8.90. The Morgan fingerprint density at radius 2 is 2.31 bits per heavy atom. The molecule has 2 aromatic rings. The van der Waals surface area contributed by atoms with E-state index in [1.807, 2.05) is 24.4 Å². The summed E-state index contributed by atoms with van der Waals surface area (Å²) in [6.45, 7) is 2.34. The van der Waals surface area contributed by atoms with Crippen molar-refractivity contribution in [3.63, 3.8) is 0 Å². The lowest BCUT2D eigenvalue weighted by Gasteiger charge is -2.05. The molecule has 3 nitrogen and oxygen atoms in total. The summed E-state index contributed by atoms with van der Waals surface area (Å²) in [4.78, 5) is 5.32. The first-order chi connectivity index (χ1) is 7.79. The zero-order chi connectivity index (χ0) is 11.4. The molecule has 0 spiro atoms. The fraction of sp³-hybridized carbons (Fsp3) is 0.167. The van der Waals surface area contributed by atoms with E-state index in [-0.39, 0.29) is 0 Å². The van der Waals surface area contributed by atoms with Crippen molar-refractivity contribution in [3.8, 4) is 11.9 Å². The predicted octanol–water partition coefficient (Wildman–Crippen LogP) is 2.90. The number of hydrogen-bond donors (Lipinski definition) is 0. The van der Waals surface area contributed by atoms with Crippen molar-refractivity contribution in [2.45, 2.75) is 13.5 Å². The van der Waals surface area contributed by atoms with Gasteiger partial charge in [-0.05, 0) is 30.5 Å². The molecule has 16 heavy (non-hydrogen) atoms. The van der Waals surface area contributed by atoms with Gasteiger partial charge in [0.15, 0.2) is 0 Å². The molecule has 0 bridgehead atoms. The molecule has 0 atom stereocenters. The highest BCUT2D eigenvalue weighted by Crippen LogP contribution is 2.18. The molecule has 0 N–H and O–H groups in total. The van der Waals surface area contributed by atoms with Crippen molar-refractivity contribution >= 4 is 11.3 Å². The van der Waals surface area contributed by atoms with E-state index < -0.39 is 0 Å². The number of nitriles is 1. The van der Waals surface area contributed by atoms with E-state index in [0.717, 1.165) is 10.6 Å². The van der Waals surface area contributed by atoms with Crippen molar-refractivity contribution < 1.29 is 4.74 Å². The minimum atomic E-state index is 0.413. The summed E-state index contributed by atoms with van der Waals surface area (Å²) in [7, 11) is 0. The number of thiophene rings is 1. The second kappa shape index (κ2) is 4.77. The monoisotopic (exact) mass is 230 g/mol. The largest absolute Gasteiger partial charge is 0.471 e. The molecule has 0 aliphatic rings. The summed E-state index contributed by atoms with van der Waals surface area (Å²) in [5.74, 6) is 0.413.